The zero-order chi connectivity index (χ0) is 20.1. The van der Waals surface area contributed by atoms with E-state index >= 15 is 0 Å². The van der Waals surface area contributed by atoms with Crippen molar-refractivity contribution < 1.29 is 14.0 Å². The molecule has 4 heterocycles. The number of rotatable bonds is 4. The lowest BCUT2D eigenvalue weighted by molar-refractivity contribution is 0.0700. The number of anilines is 1. The number of hydrogen-bond acceptors (Lipinski definition) is 8. The minimum absolute atomic E-state index is 0.0354. The average molecular weight is 404 g/mol. The number of aromatic nitrogens is 2. The number of aryl methyl sites for hydroxylation is 1. The molecule has 28 heavy (non-hydrogen) atoms. The minimum atomic E-state index is -0.163. The molecule has 2 atom stereocenters. The number of carbonyl (C=O) groups excluding carboxylic acids is 2. The number of oxazole rings is 1. The quantitative estimate of drug-likeness (QED) is 0.803. The Morgan fingerprint density at radius 1 is 1.32 bits per heavy atom. The lowest BCUT2D eigenvalue weighted by Crippen LogP contribution is -2.43. The van der Waals surface area contributed by atoms with E-state index in [-0.39, 0.29) is 23.1 Å². The predicted octanol–water partition coefficient (Wildman–Crippen LogP) is 0.798. The maximum Gasteiger partial charge on any atom is 0.275 e. The predicted molar refractivity (Wildman–Crippen MR) is 104 cm³/mol. The number of thiazole rings is 1. The maximum absolute atomic E-state index is 12.9. The van der Waals surface area contributed by atoms with Crippen molar-refractivity contribution in [3.05, 3.63) is 28.9 Å². The molecule has 0 radical (unpaired) electrons. The first-order valence-electron chi connectivity index (χ1n) is 9.14. The number of nitrogens with two attached hydrogens (primary N) is 1. The fourth-order valence-electron chi connectivity index (χ4n) is 4.51. The zero-order valence-corrected chi connectivity index (χ0v) is 17.0. The Kier molecular flexibility index (Phi) is 4.62. The Bertz CT molecular complexity index is 843. The van der Waals surface area contributed by atoms with Crippen LogP contribution in [0.4, 0.5) is 5.13 Å². The van der Waals surface area contributed by atoms with Crippen molar-refractivity contribution in [1.82, 2.24) is 24.7 Å². The van der Waals surface area contributed by atoms with E-state index in [1.807, 2.05) is 23.9 Å². The fourth-order valence-corrected chi connectivity index (χ4v) is 5.16. The SMILES string of the molecule is Cc1nc(C(=O)N2C[C@@H]3CN(C(=O)c4cnc(N)s4)C[C@]3(CN(C)C)C2)co1. The van der Waals surface area contributed by atoms with Crippen LogP contribution >= 0.6 is 11.3 Å². The highest BCUT2D eigenvalue weighted by molar-refractivity contribution is 7.17. The molecule has 2 aromatic rings. The molecular weight excluding hydrogens is 380 g/mol. The zero-order valence-electron chi connectivity index (χ0n) is 16.2. The lowest BCUT2D eigenvalue weighted by atomic mass is 9.80. The highest BCUT2D eigenvalue weighted by atomic mass is 32.1. The van der Waals surface area contributed by atoms with Crippen molar-refractivity contribution in [3.63, 3.8) is 0 Å². The van der Waals surface area contributed by atoms with Gasteiger partial charge >= 0.3 is 0 Å². The van der Waals surface area contributed by atoms with Gasteiger partial charge in [-0.25, -0.2) is 9.97 Å². The Morgan fingerprint density at radius 3 is 2.54 bits per heavy atom. The molecule has 10 heteroatoms. The largest absolute Gasteiger partial charge is 0.448 e. The fraction of sp³-hybridized carbons (Fsp3) is 0.556. The van der Waals surface area contributed by atoms with E-state index in [9.17, 15) is 9.59 Å². The van der Waals surface area contributed by atoms with Crippen LogP contribution < -0.4 is 5.73 Å². The van der Waals surface area contributed by atoms with E-state index in [4.69, 9.17) is 10.2 Å². The summed E-state index contributed by atoms with van der Waals surface area (Å²) >= 11 is 1.21. The molecular formula is C18H24N6O3S. The van der Waals surface area contributed by atoms with E-state index in [0.717, 1.165) is 6.54 Å². The van der Waals surface area contributed by atoms with Gasteiger partial charge in [-0.2, -0.15) is 0 Å². The van der Waals surface area contributed by atoms with E-state index in [2.05, 4.69) is 14.9 Å². The van der Waals surface area contributed by atoms with Crippen LogP contribution in [0.2, 0.25) is 0 Å². The smallest absolute Gasteiger partial charge is 0.275 e. The molecule has 2 fully saturated rings. The van der Waals surface area contributed by atoms with Crippen LogP contribution in [0.3, 0.4) is 0 Å². The second-order valence-electron chi connectivity index (χ2n) is 7.98. The standard InChI is InChI=1S/C18H24N6O3S/c1-11-21-13(7-27-11)15(25)23-5-12-6-24(10-18(12,9-23)8-22(2)3)16(26)14-4-20-17(19)28-14/h4,7,12H,5-6,8-10H2,1-3H3,(H2,19,20)/t12-,18+/m1/s1. The molecule has 2 aliphatic heterocycles. The number of likely N-dealkylation sites (tertiary alicyclic amines) is 2. The van der Waals surface area contributed by atoms with Gasteiger partial charge in [0, 0.05) is 51.0 Å². The van der Waals surface area contributed by atoms with E-state index in [1.54, 1.807) is 6.92 Å². The Hall–Kier alpha value is -2.46. The molecule has 150 valence electrons. The molecule has 2 aromatic heterocycles. The first-order chi connectivity index (χ1) is 13.3. The van der Waals surface area contributed by atoms with E-state index in [0.29, 0.717) is 47.8 Å². The van der Waals surface area contributed by atoms with Gasteiger partial charge in [0.05, 0.1) is 6.20 Å². The molecule has 0 unspecified atom stereocenters. The van der Waals surface area contributed by atoms with Gasteiger partial charge in [0.15, 0.2) is 16.7 Å². The molecule has 0 spiro atoms. The molecule has 2 amide bonds. The number of nitrogens with zero attached hydrogens (tertiary/aromatic N) is 5. The number of hydrogen-bond donors (Lipinski definition) is 1. The van der Waals surface area contributed by atoms with Crippen LogP contribution in [0, 0.1) is 18.3 Å². The van der Waals surface area contributed by atoms with Gasteiger partial charge in [-0.05, 0) is 14.1 Å². The van der Waals surface area contributed by atoms with Crippen molar-refractivity contribution in [1.29, 1.82) is 0 Å². The molecule has 0 bridgehead atoms. The molecule has 2 saturated heterocycles. The average Bonchev–Trinajstić information content (AvgIpc) is 3.36. The van der Waals surface area contributed by atoms with Crippen LogP contribution in [-0.2, 0) is 0 Å². The van der Waals surface area contributed by atoms with Crippen LogP contribution in [-0.4, -0.2) is 83.3 Å². The molecule has 2 aliphatic rings. The number of fused-ring (bicyclic) bond motifs is 1. The summed E-state index contributed by atoms with van der Waals surface area (Å²) in [5.74, 6) is 0.539. The number of amides is 2. The van der Waals surface area contributed by atoms with Crippen molar-refractivity contribution in [2.24, 2.45) is 11.3 Å². The van der Waals surface area contributed by atoms with Crippen molar-refractivity contribution in [2.75, 3.05) is 52.6 Å². The summed E-state index contributed by atoms with van der Waals surface area (Å²) < 4.78 is 5.19. The molecule has 9 nitrogen and oxygen atoms in total. The molecule has 4 rings (SSSR count). The topological polar surface area (TPSA) is 109 Å². The highest BCUT2D eigenvalue weighted by Gasteiger charge is 2.55. The van der Waals surface area contributed by atoms with Crippen LogP contribution in [0.25, 0.3) is 0 Å². The third-order valence-electron chi connectivity index (χ3n) is 5.54. The molecule has 0 aromatic carbocycles. The van der Waals surface area contributed by atoms with Crippen LogP contribution in [0.1, 0.15) is 26.1 Å². The minimum Gasteiger partial charge on any atom is -0.448 e. The van der Waals surface area contributed by atoms with Gasteiger partial charge in [0.1, 0.15) is 11.1 Å². The van der Waals surface area contributed by atoms with Crippen molar-refractivity contribution in [2.45, 2.75) is 6.92 Å². The third kappa shape index (κ3) is 3.26. The summed E-state index contributed by atoms with van der Waals surface area (Å²) in [5.41, 5.74) is 5.86. The van der Waals surface area contributed by atoms with E-state index < -0.39 is 0 Å². The summed E-state index contributed by atoms with van der Waals surface area (Å²) in [4.78, 5) is 40.3. The van der Waals surface area contributed by atoms with Crippen molar-refractivity contribution in [3.8, 4) is 0 Å². The van der Waals surface area contributed by atoms with Gasteiger partial charge in [0.2, 0.25) is 0 Å². The molecule has 0 saturated carbocycles. The van der Waals surface area contributed by atoms with E-state index in [1.165, 1.54) is 23.8 Å². The maximum atomic E-state index is 12.9. The Morgan fingerprint density at radius 2 is 2.00 bits per heavy atom. The summed E-state index contributed by atoms with van der Waals surface area (Å²) in [6.45, 7) is 4.94. The van der Waals surface area contributed by atoms with Crippen LogP contribution in [0.15, 0.2) is 16.9 Å². The number of carbonyl (C=O) groups is 2. The molecule has 0 aliphatic carbocycles. The lowest BCUT2D eigenvalue weighted by Gasteiger charge is -2.31. The summed E-state index contributed by atoms with van der Waals surface area (Å²) in [5, 5.41) is 0.394. The monoisotopic (exact) mass is 404 g/mol. The third-order valence-corrected chi connectivity index (χ3v) is 6.35. The Labute approximate surface area is 167 Å². The summed E-state index contributed by atoms with van der Waals surface area (Å²) in [6, 6.07) is 0. The normalized spacial score (nSPS) is 24.2. The van der Waals surface area contributed by atoms with Crippen LogP contribution in [0.5, 0.6) is 0 Å². The van der Waals surface area contributed by atoms with Gasteiger partial charge in [-0.1, -0.05) is 11.3 Å². The summed E-state index contributed by atoms with van der Waals surface area (Å²) in [7, 11) is 4.04. The van der Waals surface area contributed by atoms with Crippen molar-refractivity contribution >= 4 is 28.3 Å². The van der Waals surface area contributed by atoms with Gasteiger partial charge < -0.3 is 24.9 Å². The second kappa shape index (κ2) is 6.85. The first-order valence-corrected chi connectivity index (χ1v) is 9.96. The summed E-state index contributed by atoms with van der Waals surface area (Å²) in [6.07, 6.45) is 2.95. The van der Waals surface area contributed by atoms with Gasteiger partial charge in [-0.15, -0.1) is 0 Å². The van der Waals surface area contributed by atoms with Gasteiger partial charge in [0.25, 0.3) is 11.8 Å². The number of nitrogen functional groups attached to an aromatic ring is 1. The highest BCUT2D eigenvalue weighted by Crippen LogP contribution is 2.44. The molecule has 2 N–H and O–H groups in total. The first kappa shape index (κ1) is 18.9. The Balaban J connectivity index is 1.53. The van der Waals surface area contributed by atoms with Gasteiger partial charge in [-0.3, -0.25) is 9.59 Å². The second-order valence-corrected chi connectivity index (χ2v) is 9.05.